The molecule has 0 rings (SSSR count). The first-order chi connectivity index (χ1) is 5.22. The van der Waals surface area contributed by atoms with Gasteiger partial charge in [-0.1, -0.05) is 6.58 Å². The predicted molar refractivity (Wildman–Crippen MR) is 44.9 cm³/mol. The van der Waals surface area contributed by atoms with Gasteiger partial charge in [-0.05, 0) is 13.0 Å². The SMILES string of the molecule is C=C(CCN)C(=O)NCCN. The van der Waals surface area contributed by atoms with Crippen molar-refractivity contribution in [2.24, 2.45) is 11.5 Å². The monoisotopic (exact) mass is 157 g/mol. The molecule has 11 heavy (non-hydrogen) atoms. The fourth-order valence-corrected chi connectivity index (χ4v) is 0.598. The molecule has 4 nitrogen and oxygen atoms in total. The third-order valence-corrected chi connectivity index (χ3v) is 1.20. The van der Waals surface area contributed by atoms with Crippen LogP contribution in [0.5, 0.6) is 0 Å². The normalized spacial score (nSPS) is 9.27. The van der Waals surface area contributed by atoms with Crippen molar-refractivity contribution in [1.82, 2.24) is 5.32 Å². The molecule has 1 amide bonds. The van der Waals surface area contributed by atoms with Crippen LogP contribution in [0.3, 0.4) is 0 Å². The van der Waals surface area contributed by atoms with Gasteiger partial charge in [0.25, 0.3) is 0 Å². The second-order valence-electron chi connectivity index (χ2n) is 2.19. The Hall–Kier alpha value is -0.870. The fourth-order valence-electron chi connectivity index (χ4n) is 0.598. The van der Waals surface area contributed by atoms with Gasteiger partial charge in [0.05, 0.1) is 0 Å². The minimum atomic E-state index is -0.152. The van der Waals surface area contributed by atoms with Gasteiger partial charge in [-0.2, -0.15) is 0 Å². The fraction of sp³-hybridized carbons (Fsp3) is 0.571. The molecule has 0 aliphatic carbocycles. The predicted octanol–water partition coefficient (Wildman–Crippen LogP) is -1.03. The lowest BCUT2D eigenvalue weighted by Crippen LogP contribution is -2.30. The number of rotatable bonds is 5. The molecular formula is C7H15N3O. The molecule has 0 aromatic carbocycles. The number of hydrogen-bond acceptors (Lipinski definition) is 3. The quantitative estimate of drug-likeness (QED) is 0.446. The van der Waals surface area contributed by atoms with E-state index < -0.39 is 0 Å². The topological polar surface area (TPSA) is 81.1 Å². The van der Waals surface area contributed by atoms with Gasteiger partial charge in [0.1, 0.15) is 0 Å². The lowest BCUT2D eigenvalue weighted by Gasteiger charge is -2.04. The Morgan fingerprint density at radius 3 is 2.45 bits per heavy atom. The van der Waals surface area contributed by atoms with E-state index in [4.69, 9.17) is 11.5 Å². The third kappa shape index (κ3) is 4.52. The Bertz CT molecular complexity index is 145. The maximum atomic E-state index is 11.0. The van der Waals surface area contributed by atoms with Gasteiger partial charge >= 0.3 is 0 Å². The molecule has 0 saturated carbocycles. The molecule has 0 aromatic rings. The molecule has 0 fully saturated rings. The number of carbonyl (C=O) groups excluding carboxylic acids is 1. The van der Waals surface area contributed by atoms with Crippen molar-refractivity contribution in [2.75, 3.05) is 19.6 Å². The average Bonchev–Trinajstić information content (AvgIpc) is 2.00. The summed E-state index contributed by atoms with van der Waals surface area (Å²) in [5, 5.41) is 2.60. The van der Waals surface area contributed by atoms with Crippen molar-refractivity contribution < 1.29 is 4.79 Å². The van der Waals surface area contributed by atoms with Crippen LogP contribution in [0.2, 0.25) is 0 Å². The number of amides is 1. The summed E-state index contributed by atoms with van der Waals surface area (Å²) < 4.78 is 0. The van der Waals surface area contributed by atoms with E-state index in [1.165, 1.54) is 0 Å². The molecule has 4 heteroatoms. The van der Waals surface area contributed by atoms with E-state index in [1.807, 2.05) is 0 Å². The van der Waals surface area contributed by atoms with E-state index in [1.54, 1.807) is 0 Å². The lowest BCUT2D eigenvalue weighted by molar-refractivity contribution is -0.117. The van der Waals surface area contributed by atoms with Crippen LogP contribution in [-0.4, -0.2) is 25.5 Å². The van der Waals surface area contributed by atoms with Crippen LogP contribution in [0.4, 0.5) is 0 Å². The molecule has 0 radical (unpaired) electrons. The molecule has 0 atom stereocenters. The zero-order valence-corrected chi connectivity index (χ0v) is 6.60. The molecular weight excluding hydrogens is 142 g/mol. The standard InChI is InChI=1S/C7H15N3O/c1-6(2-3-8)7(11)10-5-4-9/h1-5,8-9H2,(H,10,11). The van der Waals surface area contributed by atoms with E-state index in [-0.39, 0.29) is 5.91 Å². The van der Waals surface area contributed by atoms with E-state index >= 15 is 0 Å². The molecule has 5 N–H and O–H groups in total. The molecule has 0 saturated heterocycles. The van der Waals surface area contributed by atoms with Gasteiger partial charge in [0.15, 0.2) is 0 Å². The number of nitrogens with two attached hydrogens (primary N) is 2. The highest BCUT2D eigenvalue weighted by Gasteiger charge is 2.02. The highest BCUT2D eigenvalue weighted by Crippen LogP contribution is 1.93. The third-order valence-electron chi connectivity index (χ3n) is 1.20. The Morgan fingerprint density at radius 1 is 1.36 bits per heavy atom. The second kappa shape index (κ2) is 5.88. The Labute approximate surface area is 66.6 Å². The molecule has 0 bridgehead atoms. The minimum Gasteiger partial charge on any atom is -0.351 e. The average molecular weight is 157 g/mol. The summed E-state index contributed by atoms with van der Waals surface area (Å²) in [6, 6.07) is 0. The van der Waals surface area contributed by atoms with Crippen LogP contribution in [0.1, 0.15) is 6.42 Å². The van der Waals surface area contributed by atoms with Crippen molar-refractivity contribution >= 4 is 5.91 Å². The van der Waals surface area contributed by atoms with Crippen molar-refractivity contribution in [3.63, 3.8) is 0 Å². The Balaban J connectivity index is 3.56. The van der Waals surface area contributed by atoms with E-state index in [2.05, 4.69) is 11.9 Å². The zero-order chi connectivity index (χ0) is 8.69. The highest BCUT2D eigenvalue weighted by molar-refractivity contribution is 5.92. The maximum Gasteiger partial charge on any atom is 0.246 e. The summed E-state index contributed by atoms with van der Waals surface area (Å²) in [7, 11) is 0. The summed E-state index contributed by atoms with van der Waals surface area (Å²) in [5.41, 5.74) is 10.9. The number of hydrogen-bond donors (Lipinski definition) is 3. The summed E-state index contributed by atoms with van der Waals surface area (Å²) in [4.78, 5) is 11.0. The number of carbonyl (C=O) groups is 1. The zero-order valence-electron chi connectivity index (χ0n) is 6.60. The van der Waals surface area contributed by atoms with Crippen LogP contribution in [0, 0.1) is 0 Å². The van der Waals surface area contributed by atoms with Crippen molar-refractivity contribution in [1.29, 1.82) is 0 Å². The van der Waals surface area contributed by atoms with Crippen LogP contribution in [-0.2, 0) is 4.79 Å². The van der Waals surface area contributed by atoms with E-state index in [9.17, 15) is 4.79 Å². The van der Waals surface area contributed by atoms with Gasteiger partial charge in [0.2, 0.25) is 5.91 Å². The summed E-state index contributed by atoms with van der Waals surface area (Å²) >= 11 is 0. The molecule has 0 aliphatic heterocycles. The van der Waals surface area contributed by atoms with Gasteiger partial charge in [-0.25, -0.2) is 0 Å². The molecule has 0 spiro atoms. The summed E-state index contributed by atoms with van der Waals surface area (Å²) in [6.07, 6.45) is 0.538. The van der Waals surface area contributed by atoms with Crippen LogP contribution >= 0.6 is 0 Å². The Kier molecular flexibility index (Phi) is 5.42. The summed E-state index contributed by atoms with van der Waals surface area (Å²) in [6.45, 7) is 4.95. The minimum absolute atomic E-state index is 0.152. The van der Waals surface area contributed by atoms with Crippen LogP contribution < -0.4 is 16.8 Å². The van der Waals surface area contributed by atoms with Gasteiger partial charge < -0.3 is 16.8 Å². The number of nitrogens with one attached hydrogen (secondary N) is 1. The first kappa shape index (κ1) is 10.1. The van der Waals surface area contributed by atoms with Crippen molar-refractivity contribution in [3.05, 3.63) is 12.2 Å². The lowest BCUT2D eigenvalue weighted by atomic mass is 10.2. The molecule has 64 valence electrons. The van der Waals surface area contributed by atoms with Crippen molar-refractivity contribution in [3.8, 4) is 0 Å². The molecule has 0 aromatic heterocycles. The summed E-state index contributed by atoms with van der Waals surface area (Å²) in [5.74, 6) is -0.152. The smallest absolute Gasteiger partial charge is 0.246 e. The van der Waals surface area contributed by atoms with Crippen LogP contribution in [0.25, 0.3) is 0 Å². The molecule has 0 aliphatic rings. The van der Waals surface area contributed by atoms with Crippen molar-refractivity contribution in [2.45, 2.75) is 6.42 Å². The van der Waals surface area contributed by atoms with Gasteiger partial charge in [-0.15, -0.1) is 0 Å². The molecule has 0 unspecified atom stereocenters. The largest absolute Gasteiger partial charge is 0.351 e. The maximum absolute atomic E-state index is 11.0. The Morgan fingerprint density at radius 2 is 2.00 bits per heavy atom. The first-order valence-electron chi connectivity index (χ1n) is 3.58. The second-order valence-corrected chi connectivity index (χ2v) is 2.19. The van der Waals surface area contributed by atoms with Gasteiger partial charge in [-0.3, -0.25) is 4.79 Å². The van der Waals surface area contributed by atoms with E-state index in [0.717, 1.165) is 0 Å². The van der Waals surface area contributed by atoms with Gasteiger partial charge in [0, 0.05) is 18.7 Å². The molecule has 0 heterocycles. The first-order valence-corrected chi connectivity index (χ1v) is 3.58. The van der Waals surface area contributed by atoms with Crippen LogP contribution in [0.15, 0.2) is 12.2 Å². The van der Waals surface area contributed by atoms with E-state index in [0.29, 0.717) is 31.6 Å². The highest BCUT2D eigenvalue weighted by atomic mass is 16.1.